The molecule has 2 heterocycles. The third-order valence-corrected chi connectivity index (χ3v) is 2.34. The second-order valence-corrected chi connectivity index (χ2v) is 3.66. The smallest absolute Gasteiger partial charge is 0.278 e. The summed E-state index contributed by atoms with van der Waals surface area (Å²) in [5.74, 6) is -0.123. The number of H-pyrrole nitrogens is 1. The van der Waals surface area contributed by atoms with Crippen molar-refractivity contribution in [2.45, 2.75) is 6.54 Å². The van der Waals surface area contributed by atoms with E-state index in [-0.39, 0.29) is 17.8 Å². The molecule has 0 unspecified atom stereocenters. The van der Waals surface area contributed by atoms with Crippen LogP contribution in [0.25, 0.3) is 0 Å². The van der Waals surface area contributed by atoms with E-state index in [1.165, 1.54) is 30.1 Å². The largest absolute Gasteiger partial charge is 0.383 e. The first-order valence-corrected chi connectivity index (χ1v) is 5.58. The maximum absolute atomic E-state index is 11.9. The first-order chi connectivity index (χ1) is 9.20. The van der Waals surface area contributed by atoms with Crippen LogP contribution < -0.4 is 10.9 Å². The molecule has 0 radical (unpaired) electrons. The minimum atomic E-state index is -0.443. The molecule has 8 nitrogen and oxygen atoms in total. The van der Waals surface area contributed by atoms with Gasteiger partial charge in [0, 0.05) is 25.6 Å². The molecule has 1 amide bonds. The Morgan fingerprint density at radius 2 is 2.37 bits per heavy atom. The highest BCUT2D eigenvalue weighted by Gasteiger charge is 2.10. The predicted octanol–water partition coefficient (Wildman–Crippen LogP) is -0.135. The summed E-state index contributed by atoms with van der Waals surface area (Å²) >= 11 is 0. The summed E-state index contributed by atoms with van der Waals surface area (Å²) in [4.78, 5) is 30.0. The maximum Gasteiger partial charge on any atom is 0.278 e. The van der Waals surface area contributed by atoms with Crippen LogP contribution in [0.3, 0.4) is 0 Å². The molecule has 0 fully saturated rings. The van der Waals surface area contributed by atoms with Crippen molar-refractivity contribution in [2.75, 3.05) is 19.0 Å². The lowest BCUT2D eigenvalue weighted by atomic mass is 10.3. The SMILES string of the molecule is COCCn1nc(C(=O)Nc2ncc[nH]2)ccc1=O. The molecule has 0 aliphatic rings. The van der Waals surface area contributed by atoms with Crippen LogP contribution in [0.15, 0.2) is 29.3 Å². The van der Waals surface area contributed by atoms with Crippen LogP contribution >= 0.6 is 0 Å². The number of ether oxygens (including phenoxy) is 1. The summed E-state index contributed by atoms with van der Waals surface area (Å²) in [5.41, 5.74) is -0.154. The molecule has 100 valence electrons. The summed E-state index contributed by atoms with van der Waals surface area (Å²) in [6, 6.07) is 2.66. The van der Waals surface area contributed by atoms with E-state index in [4.69, 9.17) is 4.74 Å². The Bertz CT molecular complexity index is 605. The van der Waals surface area contributed by atoms with Crippen LogP contribution in [0.4, 0.5) is 5.95 Å². The number of aromatic amines is 1. The zero-order valence-corrected chi connectivity index (χ0v) is 10.3. The lowest BCUT2D eigenvalue weighted by Gasteiger charge is -2.06. The van der Waals surface area contributed by atoms with Gasteiger partial charge in [-0.2, -0.15) is 5.10 Å². The lowest BCUT2D eigenvalue weighted by Crippen LogP contribution is -2.27. The average Bonchev–Trinajstić information content (AvgIpc) is 2.90. The molecule has 0 saturated heterocycles. The number of aromatic nitrogens is 4. The fourth-order valence-electron chi connectivity index (χ4n) is 1.41. The van der Waals surface area contributed by atoms with Crippen molar-refractivity contribution in [3.8, 4) is 0 Å². The molecule has 19 heavy (non-hydrogen) atoms. The summed E-state index contributed by atoms with van der Waals surface area (Å²) in [7, 11) is 1.53. The van der Waals surface area contributed by atoms with E-state index >= 15 is 0 Å². The van der Waals surface area contributed by atoms with Crippen LogP contribution in [-0.4, -0.2) is 39.4 Å². The van der Waals surface area contributed by atoms with Gasteiger partial charge < -0.3 is 9.72 Å². The van der Waals surface area contributed by atoms with Gasteiger partial charge in [0.2, 0.25) is 5.95 Å². The Kier molecular flexibility index (Phi) is 4.04. The summed E-state index contributed by atoms with van der Waals surface area (Å²) in [5, 5.41) is 6.49. The van der Waals surface area contributed by atoms with Crippen molar-refractivity contribution in [3.05, 3.63) is 40.6 Å². The predicted molar refractivity (Wildman–Crippen MR) is 66.9 cm³/mol. The molecule has 2 rings (SSSR count). The third kappa shape index (κ3) is 3.26. The van der Waals surface area contributed by atoms with Crippen LogP contribution in [0.5, 0.6) is 0 Å². The van der Waals surface area contributed by atoms with Gasteiger partial charge in [-0.05, 0) is 6.07 Å². The lowest BCUT2D eigenvalue weighted by molar-refractivity contribution is 0.101. The topological polar surface area (TPSA) is 102 Å². The number of nitrogens with zero attached hydrogens (tertiary/aromatic N) is 3. The highest BCUT2D eigenvalue weighted by atomic mass is 16.5. The number of anilines is 1. The third-order valence-electron chi connectivity index (χ3n) is 2.34. The Labute approximate surface area is 108 Å². The van der Waals surface area contributed by atoms with Crippen LogP contribution in [-0.2, 0) is 11.3 Å². The fraction of sp³-hybridized carbons (Fsp3) is 0.273. The minimum Gasteiger partial charge on any atom is -0.383 e. The fourth-order valence-corrected chi connectivity index (χ4v) is 1.41. The maximum atomic E-state index is 11.9. The number of rotatable bonds is 5. The first-order valence-electron chi connectivity index (χ1n) is 5.58. The molecule has 0 saturated carbocycles. The quantitative estimate of drug-likeness (QED) is 0.782. The van der Waals surface area contributed by atoms with E-state index in [0.717, 1.165) is 0 Å². The molecule has 0 bridgehead atoms. The van der Waals surface area contributed by atoms with E-state index in [0.29, 0.717) is 12.6 Å². The number of nitrogens with one attached hydrogen (secondary N) is 2. The number of amides is 1. The Morgan fingerprint density at radius 3 is 3.05 bits per heavy atom. The van der Waals surface area contributed by atoms with Gasteiger partial charge in [0.25, 0.3) is 11.5 Å². The molecule has 8 heteroatoms. The highest BCUT2D eigenvalue weighted by molar-refractivity contribution is 6.01. The number of carbonyl (C=O) groups excluding carboxylic acids is 1. The molecular formula is C11H13N5O3. The number of methoxy groups -OCH3 is 1. The zero-order valence-electron chi connectivity index (χ0n) is 10.3. The van der Waals surface area contributed by atoms with Gasteiger partial charge in [-0.3, -0.25) is 14.9 Å². The second-order valence-electron chi connectivity index (χ2n) is 3.66. The number of hydrogen-bond donors (Lipinski definition) is 2. The highest BCUT2D eigenvalue weighted by Crippen LogP contribution is 1.99. The average molecular weight is 263 g/mol. The Hall–Kier alpha value is -2.48. The van der Waals surface area contributed by atoms with E-state index in [1.807, 2.05) is 0 Å². The van der Waals surface area contributed by atoms with Gasteiger partial charge in [-0.15, -0.1) is 0 Å². The van der Waals surface area contributed by atoms with Gasteiger partial charge >= 0.3 is 0 Å². The molecule has 0 atom stereocenters. The minimum absolute atomic E-state index is 0.132. The summed E-state index contributed by atoms with van der Waals surface area (Å²) < 4.78 is 6.05. The monoisotopic (exact) mass is 263 g/mol. The van der Waals surface area contributed by atoms with Crippen LogP contribution in [0, 0.1) is 0 Å². The van der Waals surface area contributed by atoms with Gasteiger partial charge in [-0.25, -0.2) is 9.67 Å². The molecule has 0 aliphatic carbocycles. The van der Waals surface area contributed by atoms with Crippen molar-refractivity contribution in [2.24, 2.45) is 0 Å². The van der Waals surface area contributed by atoms with Crippen LogP contribution in [0.2, 0.25) is 0 Å². The Balaban J connectivity index is 2.15. The van der Waals surface area contributed by atoms with E-state index in [1.54, 1.807) is 6.20 Å². The number of imidazole rings is 1. The van der Waals surface area contributed by atoms with Crippen molar-refractivity contribution in [1.29, 1.82) is 0 Å². The van der Waals surface area contributed by atoms with Crippen molar-refractivity contribution >= 4 is 11.9 Å². The summed E-state index contributed by atoms with van der Waals surface area (Å²) in [6.07, 6.45) is 3.10. The van der Waals surface area contributed by atoms with Crippen molar-refractivity contribution < 1.29 is 9.53 Å². The molecule has 2 N–H and O–H groups in total. The zero-order chi connectivity index (χ0) is 13.7. The van der Waals surface area contributed by atoms with Gasteiger partial charge in [0.15, 0.2) is 0 Å². The Morgan fingerprint density at radius 1 is 1.53 bits per heavy atom. The summed E-state index contributed by atoms with van der Waals surface area (Å²) in [6.45, 7) is 0.632. The van der Waals surface area contributed by atoms with E-state index in [2.05, 4.69) is 20.4 Å². The number of carbonyl (C=O) groups is 1. The molecule has 2 aromatic heterocycles. The molecule has 2 aromatic rings. The molecule has 0 aliphatic heterocycles. The normalized spacial score (nSPS) is 10.4. The molecule has 0 aromatic carbocycles. The van der Waals surface area contributed by atoms with Crippen LogP contribution in [0.1, 0.15) is 10.5 Å². The van der Waals surface area contributed by atoms with Gasteiger partial charge in [-0.1, -0.05) is 0 Å². The molecular weight excluding hydrogens is 250 g/mol. The molecule has 0 spiro atoms. The van der Waals surface area contributed by atoms with Gasteiger partial charge in [0.05, 0.1) is 13.2 Å². The second kappa shape index (κ2) is 5.91. The van der Waals surface area contributed by atoms with E-state index in [9.17, 15) is 9.59 Å². The first kappa shape index (κ1) is 13.0. The number of hydrogen-bond acceptors (Lipinski definition) is 5. The van der Waals surface area contributed by atoms with Gasteiger partial charge in [0.1, 0.15) is 5.69 Å². The van der Waals surface area contributed by atoms with Crippen molar-refractivity contribution in [1.82, 2.24) is 19.7 Å². The van der Waals surface area contributed by atoms with Crippen molar-refractivity contribution in [3.63, 3.8) is 0 Å². The van der Waals surface area contributed by atoms with E-state index < -0.39 is 5.91 Å². The standard InChI is InChI=1S/C11H13N5O3/c1-19-7-6-16-9(17)3-2-8(15-16)10(18)14-11-12-4-5-13-11/h2-5H,6-7H2,1H3,(H2,12,13,14,18).